The van der Waals surface area contributed by atoms with Crippen LogP contribution < -0.4 is 0 Å². The van der Waals surface area contributed by atoms with Gasteiger partial charge in [0.15, 0.2) is 0 Å². The average molecular weight is 234 g/mol. The van der Waals surface area contributed by atoms with Crippen molar-refractivity contribution in [2.75, 3.05) is 0 Å². The van der Waals surface area contributed by atoms with E-state index < -0.39 is 0 Å². The minimum Gasteiger partial charge on any atom is -0.107 e. The van der Waals surface area contributed by atoms with E-state index in [9.17, 15) is 0 Å². The summed E-state index contributed by atoms with van der Waals surface area (Å²) in [5.41, 5.74) is 1.41. The zero-order chi connectivity index (χ0) is 5.82. The van der Waals surface area contributed by atoms with Crippen LogP contribution in [0.3, 0.4) is 0 Å². The third-order valence-corrected chi connectivity index (χ3v) is 1.25. The van der Waals surface area contributed by atoms with Crippen molar-refractivity contribution in [2.45, 2.75) is 13.3 Å². The Kier molecular flexibility index (Phi) is 4.77. The van der Waals surface area contributed by atoms with E-state index in [1.54, 1.807) is 0 Å². The molecule has 0 aliphatic heterocycles. The number of hydrogen-bond acceptors (Lipinski definition) is 0. The lowest BCUT2D eigenvalue weighted by Gasteiger charge is -1.89. The fourth-order valence-electron chi connectivity index (χ4n) is 0.714. The summed E-state index contributed by atoms with van der Waals surface area (Å²) < 4.78 is 0. The minimum atomic E-state index is 0. The Labute approximate surface area is 73.3 Å². The van der Waals surface area contributed by atoms with E-state index in [-0.39, 0.29) is 24.0 Å². The second kappa shape index (κ2) is 4.79. The van der Waals surface area contributed by atoms with Crippen LogP contribution in [0.25, 0.3) is 0 Å². The van der Waals surface area contributed by atoms with Crippen molar-refractivity contribution in [3.05, 3.63) is 35.9 Å². The number of hydrogen-bond donors (Lipinski definition) is 0. The highest BCUT2D eigenvalue weighted by Gasteiger charge is 1.79. The monoisotopic (exact) mass is 234 g/mol. The molecule has 0 aromatic heterocycles. The molecule has 0 bridgehead atoms. The molecule has 0 nitrogen and oxygen atoms in total. The highest BCUT2D eigenvalue weighted by molar-refractivity contribution is 14.0. The Morgan fingerprint density at radius 1 is 1.11 bits per heavy atom. The molecule has 0 saturated carbocycles. The third-order valence-electron chi connectivity index (χ3n) is 1.25. The number of halogens is 1. The van der Waals surface area contributed by atoms with Gasteiger partial charge in [0.05, 0.1) is 0 Å². The van der Waals surface area contributed by atoms with Crippen molar-refractivity contribution in [1.82, 2.24) is 0 Å². The summed E-state index contributed by atoms with van der Waals surface area (Å²) in [6.07, 6.45) is 1.14. The predicted molar refractivity (Wildman–Crippen MR) is 51.2 cm³/mol. The summed E-state index contributed by atoms with van der Waals surface area (Å²) in [5.74, 6) is 0. The van der Waals surface area contributed by atoms with Crippen LogP contribution in [0.4, 0.5) is 0 Å². The van der Waals surface area contributed by atoms with Gasteiger partial charge in [-0.3, -0.25) is 0 Å². The van der Waals surface area contributed by atoms with Crippen LogP contribution in [0, 0.1) is 0 Å². The maximum atomic E-state index is 2.16. The van der Waals surface area contributed by atoms with Crippen LogP contribution in [0.5, 0.6) is 0 Å². The van der Waals surface area contributed by atoms with E-state index in [4.69, 9.17) is 0 Å². The zero-order valence-corrected chi connectivity index (χ0v) is 7.83. The molecule has 1 aromatic carbocycles. The van der Waals surface area contributed by atoms with E-state index in [0.29, 0.717) is 0 Å². The molecule has 0 radical (unpaired) electrons. The predicted octanol–water partition coefficient (Wildman–Crippen LogP) is 2.87. The highest BCUT2D eigenvalue weighted by atomic mass is 127. The van der Waals surface area contributed by atoms with Crippen molar-refractivity contribution in [2.24, 2.45) is 0 Å². The van der Waals surface area contributed by atoms with Gasteiger partial charge < -0.3 is 0 Å². The Morgan fingerprint density at radius 3 is 2.00 bits per heavy atom. The first-order valence-corrected chi connectivity index (χ1v) is 2.97. The minimum absolute atomic E-state index is 0. The van der Waals surface area contributed by atoms with Gasteiger partial charge in [0.1, 0.15) is 0 Å². The maximum absolute atomic E-state index is 2.16. The first-order chi connectivity index (χ1) is 3.93. The smallest absolute Gasteiger partial charge is 0.0307 e. The van der Waals surface area contributed by atoms with Crippen molar-refractivity contribution in [1.29, 1.82) is 0 Å². The molecule has 1 aromatic rings. The SMILES string of the molecule is CCc1ccccc1.I. The molecule has 0 N–H and O–H groups in total. The van der Waals surface area contributed by atoms with Crippen molar-refractivity contribution in [3.8, 4) is 0 Å². The van der Waals surface area contributed by atoms with Crippen LogP contribution in [-0.2, 0) is 6.42 Å². The summed E-state index contributed by atoms with van der Waals surface area (Å²) in [6.45, 7) is 2.16. The molecule has 0 atom stereocenters. The van der Waals surface area contributed by atoms with Gasteiger partial charge in [0.2, 0.25) is 0 Å². The zero-order valence-electron chi connectivity index (χ0n) is 5.50. The molecule has 0 fully saturated rings. The van der Waals surface area contributed by atoms with Gasteiger partial charge in [0.25, 0.3) is 0 Å². The van der Waals surface area contributed by atoms with Crippen LogP contribution in [0.15, 0.2) is 30.3 Å². The normalized spacial score (nSPS) is 8.11. The van der Waals surface area contributed by atoms with Crippen LogP contribution in [0.1, 0.15) is 12.5 Å². The van der Waals surface area contributed by atoms with E-state index in [1.807, 2.05) is 6.07 Å². The fourth-order valence-corrected chi connectivity index (χ4v) is 0.714. The summed E-state index contributed by atoms with van der Waals surface area (Å²) in [5, 5.41) is 0. The van der Waals surface area contributed by atoms with Gasteiger partial charge in [0, 0.05) is 0 Å². The lowest BCUT2D eigenvalue weighted by molar-refractivity contribution is 1.14. The van der Waals surface area contributed by atoms with Gasteiger partial charge in [-0.1, -0.05) is 37.3 Å². The average Bonchev–Trinajstić information content (AvgIpc) is 1.90. The Hall–Kier alpha value is -0.0500. The van der Waals surface area contributed by atoms with Crippen LogP contribution in [-0.4, -0.2) is 0 Å². The van der Waals surface area contributed by atoms with Gasteiger partial charge in [-0.05, 0) is 12.0 Å². The molecule has 0 heterocycles. The summed E-state index contributed by atoms with van der Waals surface area (Å²) >= 11 is 0. The Bertz CT molecular complexity index is 146. The van der Waals surface area contributed by atoms with Gasteiger partial charge in [-0.2, -0.15) is 0 Å². The van der Waals surface area contributed by atoms with E-state index in [0.717, 1.165) is 6.42 Å². The topological polar surface area (TPSA) is 0 Å². The van der Waals surface area contributed by atoms with Crippen molar-refractivity contribution < 1.29 is 0 Å². The van der Waals surface area contributed by atoms with E-state index >= 15 is 0 Å². The molecule has 0 aliphatic carbocycles. The highest BCUT2D eigenvalue weighted by Crippen LogP contribution is 1.96. The molecule has 50 valence electrons. The van der Waals surface area contributed by atoms with Gasteiger partial charge in [-0.15, -0.1) is 24.0 Å². The first-order valence-electron chi connectivity index (χ1n) is 2.97. The summed E-state index contributed by atoms with van der Waals surface area (Å²) in [4.78, 5) is 0. The summed E-state index contributed by atoms with van der Waals surface area (Å²) in [7, 11) is 0. The molecule has 0 amide bonds. The maximum Gasteiger partial charge on any atom is -0.0307 e. The molecule has 0 saturated heterocycles. The Morgan fingerprint density at radius 2 is 1.67 bits per heavy atom. The molecule has 0 aliphatic rings. The van der Waals surface area contributed by atoms with Gasteiger partial charge >= 0.3 is 0 Å². The first kappa shape index (κ1) is 8.95. The molecule has 1 heteroatoms. The molecule has 9 heavy (non-hydrogen) atoms. The van der Waals surface area contributed by atoms with E-state index in [2.05, 4.69) is 31.2 Å². The molecule has 1 rings (SSSR count). The quantitative estimate of drug-likeness (QED) is 0.655. The summed E-state index contributed by atoms with van der Waals surface area (Å²) in [6, 6.07) is 10.5. The molecular formula is C8H11I. The second-order valence-electron chi connectivity index (χ2n) is 1.84. The Balaban J connectivity index is 0.000000640. The van der Waals surface area contributed by atoms with E-state index in [1.165, 1.54) is 5.56 Å². The standard InChI is InChI=1S/C8H10.HI/c1-2-8-6-4-3-5-7-8;/h3-7H,2H2,1H3;1H. The lowest BCUT2D eigenvalue weighted by atomic mass is 10.2. The molecular weight excluding hydrogens is 223 g/mol. The van der Waals surface area contributed by atoms with Gasteiger partial charge in [-0.25, -0.2) is 0 Å². The second-order valence-corrected chi connectivity index (χ2v) is 1.84. The molecule has 0 unspecified atom stereocenters. The lowest BCUT2D eigenvalue weighted by Crippen LogP contribution is -1.73. The van der Waals surface area contributed by atoms with Crippen molar-refractivity contribution in [3.63, 3.8) is 0 Å². The molecule has 0 spiro atoms. The van der Waals surface area contributed by atoms with Crippen LogP contribution >= 0.6 is 24.0 Å². The number of rotatable bonds is 1. The fraction of sp³-hybridized carbons (Fsp3) is 0.250. The number of aryl methyl sites for hydroxylation is 1. The van der Waals surface area contributed by atoms with Crippen molar-refractivity contribution >= 4 is 24.0 Å². The largest absolute Gasteiger partial charge is 0.107 e. The third kappa shape index (κ3) is 2.84. The van der Waals surface area contributed by atoms with Crippen LogP contribution in [0.2, 0.25) is 0 Å². The number of benzene rings is 1.